The number of aromatic nitrogens is 2. The number of H-pyrrole nitrogens is 1. The predicted molar refractivity (Wildman–Crippen MR) is 119 cm³/mol. The van der Waals surface area contributed by atoms with Crippen molar-refractivity contribution in [3.8, 4) is 22.8 Å². The number of amides is 1. The summed E-state index contributed by atoms with van der Waals surface area (Å²) in [5.74, 6) is 0.174. The number of nitrogens with one attached hydrogen (secondary N) is 1. The van der Waals surface area contributed by atoms with Crippen LogP contribution in [0.3, 0.4) is 0 Å². The van der Waals surface area contributed by atoms with Gasteiger partial charge in [0.15, 0.2) is 11.5 Å². The number of phenolic OH excluding ortho intramolecular Hbond substituents is 1. The summed E-state index contributed by atoms with van der Waals surface area (Å²) in [4.78, 5) is 15.2. The van der Waals surface area contributed by atoms with E-state index in [0.29, 0.717) is 27.8 Å². The number of anilines is 1. The van der Waals surface area contributed by atoms with Crippen molar-refractivity contribution < 1.29 is 14.6 Å². The maximum atomic E-state index is 13.5. The van der Waals surface area contributed by atoms with Crippen LogP contribution in [0.2, 0.25) is 5.02 Å². The van der Waals surface area contributed by atoms with E-state index in [0.717, 1.165) is 16.7 Å². The predicted octanol–water partition coefficient (Wildman–Crippen LogP) is 5.19. The molecule has 6 nitrogen and oxygen atoms in total. The Morgan fingerprint density at radius 2 is 1.81 bits per heavy atom. The molecule has 3 aromatic carbocycles. The third-order valence-corrected chi connectivity index (χ3v) is 5.69. The van der Waals surface area contributed by atoms with Gasteiger partial charge in [-0.05, 0) is 42.0 Å². The number of aromatic amines is 1. The molecule has 1 amide bonds. The zero-order chi connectivity index (χ0) is 21.5. The highest BCUT2D eigenvalue weighted by Crippen LogP contribution is 2.46. The molecule has 0 saturated carbocycles. The molecule has 1 aromatic heterocycles. The largest absolute Gasteiger partial charge is 0.504 e. The molecule has 0 aliphatic carbocycles. The molecule has 0 saturated heterocycles. The lowest BCUT2D eigenvalue weighted by molar-refractivity contribution is 0.0988. The normalized spacial score (nSPS) is 15.2. The van der Waals surface area contributed by atoms with Gasteiger partial charge in [0.05, 0.1) is 18.8 Å². The van der Waals surface area contributed by atoms with Crippen molar-refractivity contribution >= 4 is 23.2 Å². The maximum absolute atomic E-state index is 13.5. The Labute approximate surface area is 183 Å². The lowest BCUT2D eigenvalue weighted by Gasteiger charge is -2.27. The molecule has 0 spiro atoms. The smallest absolute Gasteiger partial charge is 0.277 e. The quantitative estimate of drug-likeness (QED) is 0.466. The van der Waals surface area contributed by atoms with E-state index in [1.54, 1.807) is 35.2 Å². The van der Waals surface area contributed by atoms with E-state index in [1.807, 2.05) is 42.5 Å². The number of rotatable bonds is 4. The molecule has 2 N–H and O–H groups in total. The van der Waals surface area contributed by atoms with Crippen LogP contribution in [-0.2, 0) is 0 Å². The number of ether oxygens (including phenoxy) is 1. The number of halogens is 1. The summed E-state index contributed by atoms with van der Waals surface area (Å²) in [5, 5.41) is 18.1. The fourth-order valence-corrected chi connectivity index (χ4v) is 4.14. The lowest BCUT2D eigenvalue weighted by atomic mass is 9.95. The van der Waals surface area contributed by atoms with E-state index in [-0.39, 0.29) is 11.7 Å². The van der Waals surface area contributed by atoms with Gasteiger partial charge in [-0.1, -0.05) is 48.0 Å². The van der Waals surface area contributed by atoms with Gasteiger partial charge >= 0.3 is 0 Å². The van der Waals surface area contributed by atoms with Crippen LogP contribution >= 0.6 is 11.6 Å². The second-order valence-electron chi connectivity index (χ2n) is 7.21. The van der Waals surface area contributed by atoms with Gasteiger partial charge in [0, 0.05) is 21.8 Å². The van der Waals surface area contributed by atoms with E-state index in [4.69, 9.17) is 16.3 Å². The number of nitrogens with zero attached hydrogens (tertiary/aromatic N) is 2. The summed E-state index contributed by atoms with van der Waals surface area (Å²) in [6.07, 6.45) is 0. The second kappa shape index (κ2) is 7.49. The van der Waals surface area contributed by atoms with Crippen molar-refractivity contribution in [3.63, 3.8) is 0 Å². The number of carbonyl (C=O) groups excluding carboxylic acids is 1. The van der Waals surface area contributed by atoms with Crippen LogP contribution in [0.4, 0.5) is 5.69 Å². The molecular formula is C24H18ClN3O3. The fourth-order valence-electron chi connectivity index (χ4n) is 4.01. The number of carbonyl (C=O) groups is 1. The van der Waals surface area contributed by atoms with Crippen LogP contribution in [0.5, 0.6) is 11.5 Å². The number of methoxy groups -OCH3 is 1. The summed E-state index contributed by atoms with van der Waals surface area (Å²) < 4.78 is 5.32. The van der Waals surface area contributed by atoms with E-state index < -0.39 is 6.04 Å². The van der Waals surface area contributed by atoms with Crippen molar-refractivity contribution in [3.05, 3.63) is 94.6 Å². The molecule has 0 fully saturated rings. The summed E-state index contributed by atoms with van der Waals surface area (Å²) in [5.41, 5.74) is 4.31. The zero-order valence-electron chi connectivity index (χ0n) is 16.5. The second-order valence-corrected chi connectivity index (χ2v) is 7.65. The average molecular weight is 432 g/mol. The molecule has 31 heavy (non-hydrogen) atoms. The molecule has 0 radical (unpaired) electrons. The highest BCUT2D eigenvalue weighted by Gasteiger charge is 2.43. The van der Waals surface area contributed by atoms with Gasteiger partial charge in [0.25, 0.3) is 5.91 Å². The molecular weight excluding hydrogens is 414 g/mol. The fraction of sp³-hybridized carbons (Fsp3) is 0.0833. The van der Waals surface area contributed by atoms with Crippen molar-refractivity contribution in [2.24, 2.45) is 0 Å². The van der Waals surface area contributed by atoms with E-state index in [1.165, 1.54) is 7.11 Å². The Morgan fingerprint density at radius 3 is 2.52 bits per heavy atom. The summed E-state index contributed by atoms with van der Waals surface area (Å²) in [6.45, 7) is 0. The molecule has 1 aliphatic heterocycles. The molecule has 5 rings (SSSR count). The maximum Gasteiger partial charge on any atom is 0.277 e. The number of hydrogen-bond acceptors (Lipinski definition) is 4. The van der Waals surface area contributed by atoms with Gasteiger partial charge in [-0.3, -0.25) is 14.8 Å². The Hall–Kier alpha value is -3.77. The van der Waals surface area contributed by atoms with Gasteiger partial charge < -0.3 is 9.84 Å². The van der Waals surface area contributed by atoms with Crippen LogP contribution < -0.4 is 9.64 Å². The number of phenols is 1. The van der Waals surface area contributed by atoms with Crippen LogP contribution in [-0.4, -0.2) is 28.3 Å². The first kappa shape index (κ1) is 19.2. The van der Waals surface area contributed by atoms with E-state index in [9.17, 15) is 9.90 Å². The zero-order valence-corrected chi connectivity index (χ0v) is 17.3. The Bertz CT molecular complexity index is 1270. The van der Waals surface area contributed by atoms with E-state index in [2.05, 4.69) is 10.2 Å². The molecule has 0 bridgehead atoms. The highest BCUT2D eigenvalue weighted by molar-refractivity contribution is 6.30. The van der Waals surface area contributed by atoms with Crippen molar-refractivity contribution in [1.82, 2.24) is 10.2 Å². The number of aromatic hydroxyl groups is 1. The molecule has 1 atom stereocenters. The standard InChI is InChI=1S/C24H18ClN3O3/c1-31-19-13-15(7-12-18(19)29)23-20-21(14-5-3-2-4-6-14)26-27-22(20)24(30)28(23)17-10-8-16(25)9-11-17/h2-13,23,29H,1H3,(H,26,27)/t23-/m1/s1. The van der Waals surface area contributed by atoms with Crippen molar-refractivity contribution in [2.45, 2.75) is 6.04 Å². The molecule has 7 heteroatoms. The third-order valence-electron chi connectivity index (χ3n) is 5.44. The number of fused-ring (bicyclic) bond motifs is 1. The van der Waals surface area contributed by atoms with Crippen LogP contribution in [0, 0.1) is 0 Å². The van der Waals surface area contributed by atoms with E-state index >= 15 is 0 Å². The third kappa shape index (κ3) is 3.12. The first-order valence-corrected chi connectivity index (χ1v) is 10.1. The van der Waals surface area contributed by atoms with Crippen molar-refractivity contribution in [2.75, 3.05) is 12.0 Å². The SMILES string of the molecule is COc1cc([C@@H]2c3c(-c4ccccc4)n[nH]c3C(=O)N2c2ccc(Cl)cc2)ccc1O. The average Bonchev–Trinajstić information content (AvgIpc) is 3.35. The minimum atomic E-state index is -0.466. The molecule has 2 heterocycles. The number of hydrogen-bond donors (Lipinski definition) is 2. The molecule has 154 valence electrons. The van der Waals surface area contributed by atoms with Crippen LogP contribution in [0.1, 0.15) is 27.7 Å². The topological polar surface area (TPSA) is 78.5 Å². The first-order chi connectivity index (χ1) is 15.1. The summed E-state index contributed by atoms with van der Waals surface area (Å²) in [7, 11) is 1.49. The van der Waals surface area contributed by atoms with Gasteiger partial charge in [-0.2, -0.15) is 5.10 Å². The van der Waals surface area contributed by atoms with Crippen LogP contribution in [0.15, 0.2) is 72.8 Å². The van der Waals surface area contributed by atoms with Crippen LogP contribution in [0.25, 0.3) is 11.3 Å². The van der Waals surface area contributed by atoms with Gasteiger partial charge in [-0.15, -0.1) is 0 Å². The molecule has 4 aromatic rings. The first-order valence-electron chi connectivity index (χ1n) is 9.68. The Kier molecular flexibility index (Phi) is 4.64. The van der Waals surface area contributed by atoms with Gasteiger partial charge in [-0.25, -0.2) is 0 Å². The van der Waals surface area contributed by atoms with Gasteiger partial charge in [0.2, 0.25) is 0 Å². The molecule has 1 aliphatic rings. The highest BCUT2D eigenvalue weighted by atomic mass is 35.5. The minimum absolute atomic E-state index is 0.0318. The van der Waals surface area contributed by atoms with Crippen molar-refractivity contribution in [1.29, 1.82) is 0 Å². The Morgan fingerprint density at radius 1 is 1.06 bits per heavy atom. The lowest BCUT2D eigenvalue weighted by Crippen LogP contribution is -2.29. The number of benzene rings is 3. The molecule has 0 unspecified atom stereocenters. The Balaban J connectivity index is 1.74. The summed E-state index contributed by atoms with van der Waals surface area (Å²) in [6, 6.07) is 21.5. The summed E-state index contributed by atoms with van der Waals surface area (Å²) >= 11 is 6.07. The minimum Gasteiger partial charge on any atom is -0.504 e. The van der Waals surface area contributed by atoms with Gasteiger partial charge in [0.1, 0.15) is 5.69 Å². The monoisotopic (exact) mass is 431 g/mol.